The van der Waals surface area contributed by atoms with Crippen molar-refractivity contribution in [1.82, 2.24) is 19.7 Å². The second-order valence-electron chi connectivity index (χ2n) is 8.55. The molecule has 0 spiro atoms. The fourth-order valence-electron chi connectivity index (χ4n) is 4.17. The number of ether oxygens (including phenoxy) is 1. The Morgan fingerprint density at radius 3 is 2.81 bits per heavy atom. The third-order valence-corrected chi connectivity index (χ3v) is 6.90. The van der Waals surface area contributed by atoms with Crippen molar-refractivity contribution < 1.29 is 18.7 Å². The molecule has 2 N–H and O–H groups in total. The van der Waals surface area contributed by atoms with Gasteiger partial charge in [-0.3, -0.25) is 20.1 Å². The number of aromatic amines is 1. The van der Waals surface area contributed by atoms with E-state index in [1.54, 1.807) is 48.2 Å². The molecule has 3 aliphatic rings. The number of H-pyrrole nitrogens is 1. The smallest absolute Gasteiger partial charge is 0.338 e. The molecule has 37 heavy (non-hydrogen) atoms. The number of fused-ring (bicyclic) bond motifs is 1. The molecular formula is C26H25N5O5S. The van der Waals surface area contributed by atoms with Crippen LogP contribution in [0.15, 0.2) is 45.6 Å². The first kappa shape index (κ1) is 24.4. The van der Waals surface area contributed by atoms with Crippen LogP contribution < -0.4 is 20.9 Å². The number of likely N-dealkylation sites (tertiary alicyclic amines) is 1. The summed E-state index contributed by atoms with van der Waals surface area (Å²) >= 11 is 1.14. The first-order chi connectivity index (χ1) is 17.9. The Kier molecular flexibility index (Phi) is 6.87. The minimum absolute atomic E-state index is 0.0432. The van der Waals surface area contributed by atoms with Gasteiger partial charge in [-0.05, 0) is 56.5 Å². The van der Waals surface area contributed by atoms with Crippen LogP contribution in [-0.4, -0.2) is 51.2 Å². The van der Waals surface area contributed by atoms with Gasteiger partial charge in [-0.25, -0.2) is 9.48 Å². The SMILES string of the molecule is CCOC(=O)c1cccc(-c2ccc(/C=c3/c(=O)nc4s/c(=C/C(=O)N5CCCCC5)[nH]n-4c3=N)o2)c1. The van der Waals surface area contributed by atoms with Crippen molar-refractivity contribution in [2.75, 3.05) is 19.7 Å². The van der Waals surface area contributed by atoms with Gasteiger partial charge in [0, 0.05) is 24.7 Å². The number of hydrogen-bond donors (Lipinski definition) is 2. The van der Waals surface area contributed by atoms with E-state index in [2.05, 4.69) is 10.1 Å². The van der Waals surface area contributed by atoms with Crippen LogP contribution in [0.1, 0.15) is 42.3 Å². The third kappa shape index (κ3) is 5.17. The summed E-state index contributed by atoms with van der Waals surface area (Å²) < 4.78 is 12.8. The number of piperidine rings is 1. The van der Waals surface area contributed by atoms with E-state index in [-0.39, 0.29) is 23.2 Å². The maximum absolute atomic E-state index is 12.7. The molecule has 0 saturated carbocycles. The minimum Gasteiger partial charge on any atom is -0.462 e. The van der Waals surface area contributed by atoms with Gasteiger partial charge in [-0.2, -0.15) is 4.98 Å². The molecule has 10 nitrogen and oxygen atoms in total. The lowest BCUT2D eigenvalue weighted by molar-refractivity contribution is -0.125. The van der Waals surface area contributed by atoms with E-state index >= 15 is 0 Å². The summed E-state index contributed by atoms with van der Waals surface area (Å²) in [5, 5.41) is 11.9. The predicted molar refractivity (Wildman–Crippen MR) is 137 cm³/mol. The Morgan fingerprint density at radius 1 is 1.22 bits per heavy atom. The van der Waals surface area contributed by atoms with E-state index in [9.17, 15) is 14.4 Å². The highest BCUT2D eigenvalue weighted by molar-refractivity contribution is 7.11. The van der Waals surface area contributed by atoms with Crippen molar-refractivity contribution in [3.63, 3.8) is 0 Å². The molecule has 0 radical (unpaired) electrons. The molecule has 1 aromatic heterocycles. The maximum Gasteiger partial charge on any atom is 0.338 e. The Morgan fingerprint density at radius 2 is 2.03 bits per heavy atom. The van der Waals surface area contributed by atoms with Crippen LogP contribution in [-0.2, 0) is 9.53 Å². The Hall–Kier alpha value is -4.25. The summed E-state index contributed by atoms with van der Waals surface area (Å²) in [6, 6.07) is 10.3. The van der Waals surface area contributed by atoms with Crippen LogP contribution in [0.3, 0.4) is 0 Å². The molecule has 0 unspecified atom stereocenters. The van der Waals surface area contributed by atoms with E-state index in [4.69, 9.17) is 14.6 Å². The normalized spacial score (nSPS) is 14.9. The predicted octanol–water partition coefficient (Wildman–Crippen LogP) is 1.60. The molecule has 4 heterocycles. The summed E-state index contributed by atoms with van der Waals surface area (Å²) in [6.07, 6.45) is 6.06. The second kappa shape index (κ2) is 10.4. The first-order valence-corrected chi connectivity index (χ1v) is 12.8. The molecule has 0 atom stereocenters. The molecule has 5 rings (SSSR count). The number of carbonyl (C=O) groups is 2. The molecular weight excluding hydrogens is 494 g/mol. The quantitative estimate of drug-likeness (QED) is 0.385. The number of nitrogens with zero attached hydrogens (tertiary/aromatic N) is 3. The maximum atomic E-state index is 12.7. The van der Waals surface area contributed by atoms with E-state index in [1.807, 2.05) is 0 Å². The van der Waals surface area contributed by atoms with Gasteiger partial charge < -0.3 is 14.1 Å². The highest BCUT2D eigenvalue weighted by Crippen LogP contribution is 2.23. The number of benzene rings is 1. The van der Waals surface area contributed by atoms with Crippen LogP contribution in [0.25, 0.3) is 28.6 Å². The lowest BCUT2D eigenvalue weighted by Gasteiger charge is -2.25. The molecule has 2 aromatic rings. The molecule has 1 aromatic carbocycles. The molecule has 1 fully saturated rings. The molecule has 190 valence electrons. The number of furan rings is 1. The molecule has 0 aliphatic carbocycles. The number of hydrogen-bond acceptors (Lipinski definition) is 8. The van der Waals surface area contributed by atoms with Gasteiger partial charge in [-0.1, -0.05) is 23.5 Å². The highest BCUT2D eigenvalue weighted by atomic mass is 32.1. The first-order valence-electron chi connectivity index (χ1n) is 12.0. The number of rotatable bonds is 5. The van der Waals surface area contributed by atoms with Gasteiger partial charge >= 0.3 is 5.97 Å². The zero-order valence-corrected chi connectivity index (χ0v) is 21.0. The van der Waals surface area contributed by atoms with E-state index < -0.39 is 11.5 Å². The van der Waals surface area contributed by atoms with E-state index in [1.165, 1.54) is 16.8 Å². The van der Waals surface area contributed by atoms with Gasteiger partial charge in [-0.15, -0.1) is 0 Å². The van der Waals surface area contributed by atoms with Crippen LogP contribution in [0, 0.1) is 5.41 Å². The summed E-state index contributed by atoms with van der Waals surface area (Å²) in [5.41, 5.74) is 0.406. The van der Waals surface area contributed by atoms with Crippen LogP contribution in [0.2, 0.25) is 0 Å². The Labute approximate surface area is 215 Å². The van der Waals surface area contributed by atoms with Crippen molar-refractivity contribution in [2.24, 2.45) is 0 Å². The van der Waals surface area contributed by atoms with Gasteiger partial charge in [0.05, 0.1) is 17.4 Å². The van der Waals surface area contributed by atoms with Crippen molar-refractivity contribution in [3.05, 3.63) is 73.4 Å². The zero-order chi connectivity index (χ0) is 25.9. The average molecular weight is 520 g/mol. The second-order valence-corrected chi connectivity index (χ2v) is 9.56. The number of nitrogens with one attached hydrogen (secondary N) is 2. The summed E-state index contributed by atoms with van der Waals surface area (Å²) in [6.45, 7) is 3.49. The lowest BCUT2D eigenvalue weighted by atomic mass is 10.1. The van der Waals surface area contributed by atoms with Crippen LogP contribution in [0.5, 0.6) is 0 Å². The topological polar surface area (TPSA) is 134 Å². The lowest BCUT2D eigenvalue weighted by Crippen LogP contribution is -2.47. The fourth-order valence-corrected chi connectivity index (χ4v) is 5.02. The average Bonchev–Trinajstić information content (AvgIpc) is 3.54. The van der Waals surface area contributed by atoms with Crippen molar-refractivity contribution in [3.8, 4) is 16.5 Å². The largest absolute Gasteiger partial charge is 0.462 e. The molecule has 0 bridgehead atoms. The third-order valence-electron chi connectivity index (χ3n) is 6.01. The van der Waals surface area contributed by atoms with E-state index in [0.717, 1.165) is 43.7 Å². The van der Waals surface area contributed by atoms with E-state index in [0.29, 0.717) is 32.4 Å². The molecule has 1 saturated heterocycles. The molecule has 1 amide bonds. The summed E-state index contributed by atoms with van der Waals surface area (Å²) in [4.78, 5) is 43.3. The fraction of sp³-hybridized carbons (Fsp3) is 0.269. The van der Waals surface area contributed by atoms with Crippen molar-refractivity contribution in [2.45, 2.75) is 26.2 Å². The van der Waals surface area contributed by atoms with Gasteiger partial charge in [0.2, 0.25) is 11.0 Å². The summed E-state index contributed by atoms with van der Waals surface area (Å²) in [5.74, 6) is 0.327. The van der Waals surface area contributed by atoms with Gasteiger partial charge in [0.15, 0.2) is 5.49 Å². The van der Waals surface area contributed by atoms with Crippen molar-refractivity contribution >= 4 is 35.4 Å². The zero-order valence-electron chi connectivity index (χ0n) is 20.2. The number of aromatic nitrogens is 3. The number of carbonyl (C=O) groups excluding carboxylic acids is 2. The standard InChI is InChI=1S/C26H25N5O5S/c1-2-35-25(34)17-8-6-7-16(13-17)20-10-9-18(36-20)14-19-23(27)31-26(28-24(19)33)37-21(29-31)15-22(32)30-11-4-3-5-12-30/h6-10,13-15,27,29H,2-5,11-12H2,1H3/b19-14+,21-15+,27-23?. The van der Waals surface area contributed by atoms with Crippen LogP contribution in [0.4, 0.5) is 0 Å². The highest BCUT2D eigenvalue weighted by Gasteiger charge is 2.16. The molecule has 11 heteroatoms. The summed E-state index contributed by atoms with van der Waals surface area (Å²) in [7, 11) is 0. The van der Waals surface area contributed by atoms with Gasteiger partial charge in [0.1, 0.15) is 16.2 Å². The Bertz CT molecular complexity index is 1670. The molecule has 3 aliphatic heterocycles. The Balaban J connectivity index is 1.48. The monoisotopic (exact) mass is 519 g/mol. The minimum atomic E-state index is -0.573. The van der Waals surface area contributed by atoms with Crippen LogP contribution >= 0.6 is 11.3 Å². The van der Waals surface area contributed by atoms with Crippen molar-refractivity contribution in [1.29, 1.82) is 5.41 Å². The number of esters is 1. The van der Waals surface area contributed by atoms with Gasteiger partial charge in [0.25, 0.3) is 5.56 Å². The number of amides is 1.